The molecular formula is C22H27N5O4. The first kappa shape index (κ1) is 22.2. The molecule has 1 fully saturated rings. The Bertz CT molecular complexity index is 922. The van der Waals surface area contributed by atoms with Crippen LogP contribution in [0.4, 0.5) is 17.1 Å². The molecule has 3 rings (SSSR count). The Kier molecular flexibility index (Phi) is 7.19. The van der Waals surface area contributed by atoms with Crippen LogP contribution in [0, 0.1) is 10.1 Å². The summed E-state index contributed by atoms with van der Waals surface area (Å²) in [6, 6.07) is 13.5. The van der Waals surface area contributed by atoms with Crippen molar-refractivity contribution < 1.29 is 14.5 Å². The molecule has 0 spiro atoms. The van der Waals surface area contributed by atoms with E-state index >= 15 is 0 Å². The minimum atomic E-state index is -0.808. The lowest BCUT2D eigenvalue weighted by Gasteiger charge is -2.28. The highest BCUT2D eigenvalue weighted by atomic mass is 16.6. The van der Waals surface area contributed by atoms with Crippen molar-refractivity contribution in [3.63, 3.8) is 0 Å². The van der Waals surface area contributed by atoms with E-state index in [0.717, 1.165) is 37.2 Å². The van der Waals surface area contributed by atoms with E-state index in [-0.39, 0.29) is 11.7 Å². The van der Waals surface area contributed by atoms with Crippen molar-refractivity contribution in [1.29, 1.82) is 0 Å². The summed E-state index contributed by atoms with van der Waals surface area (Å²) in [5.41, 5.74) is 2.41. The number of carbonyl (C=O) groups excluding carboxylic acids is 2. The molecule has 1 atom stereocenters. The van der Waals surface area contributed by atoms with Crippen LogP contribution in [0.25, 0.3) is 0 Å². The Morgan fingerprint density at radius 3 is 2.19 bits per heavy atom. The third-order valence-corrected chi connectivity index (χ3v) is 5.37. The van der Waals surface area contributed by atoms with Crippen molar-refractivity contribution in [3.8, 4) is 0 Å². The lowest BCUT2D eigenvalue weighted by Crippen LogP contribution is -2.41. The minimum Gasteiger partial charge on any atom is -0.378 e. The molecule has 2 aromatic carbocycles. The van der Waals surface area contributed by atoms with Crippen LogP contribution in [0.1, 0.15) is 24.4 Å². The van der Waals surface area contributed by atoms with Gasteiger partial charge in [-0.1, -0.05) is 12.1 Å². The van der Waals surface area contributed by atoms with Gasteiger partial charge in [-0.25, -0.2) is 0 Å². The number of hydrogen-bond donors (Lipinski definition) is 2. The second kappa shape index (κ2) is 10.0. The van der Waals surface area contributed by atoms with E-state index in [9.17, 15) is 19.7 Å². The van der Waals surface area contributed by atoms with Gasteiger partial charge in [-0.15, -0.1) is 0 Å². The van der Waals surface area contributed by atoms with Crippen molar-refractivity contribution in [2.45, 2.75) is 18.9 Å². The number of carbonyl (C=O) groups is 2. The zero-order chi connectivity index (χ0) is 22.4. The number of nitro benzene ring substituents is 1. The average molecular weight is 425 g/mol. The lowest BCUT2D eigenvalue weighted by atomic mass is 10.0. The first-order valence-electron chi connectivity index (χ1n) is 10.2. The minimum absolute atomic E-state index is 0.0187. The maximum atomic E-state index is 12.4. The van der Waals surface area contributed by atoms with Crippen molar-refractivity contribution in [2.24, 2.45) is 0 Å². The summed E-state index contributed by atoms with van der Waals surface area (Å²) in [6.07, 6.45) is 2.22. The van der Waals surface area contributed by atoms with Gasteiger partial charge in [0, 0.05) is 44.1 Å². The molecule has 9 nitrogen and oxygen atoms in total. The SMILES string of the molecule is CN(C)c1ccc([C@H](CNC(=O)C(=O)Nc2ccc([N+](=O)[O-])cc2)N2CCCC2)cc1. The number of non-ortho nitro benzene ring substituents is 1. The number of nitrogens with one attached hydrogen (secondary N) is 2. The predicted octanol–water partition coefficient (Wildman–Crippen LogP) is 2.55. The topological polar surface area (TPSA) is 108 Å². The third-order valence-electron chi connectivity index (χ3n) is 5.37. The summed E-state index contributed by atoms with van der Waals surface area (Å²) in [7, 11) is 3.97. The van der Waals surface area contributed by atoms with E-state index in [0.29, 0.717) is 12.2 Å². The third kappa shape index (κ3) is 5.79. The molecule has 1 aliphatic rings. The average Bonchev–Trinajstić information content (AvgIpc) is 3.29. The summed E-state index contributed by atoms with van der Waals surface area (Å²) in [4.78, 5) is 39.1. The van der Waals surface area contributed by atoms with Gasteiger partial charge in [-0.2, -0.15) is 0 Å². The van der Waals surface area contributed by atoms with Crippen LogP contribution in [0.2, 0.25) is 0 Å². The number of nitrogens with zero attached hydrogens (tertiary/aromatic N) is 3. The van der Waals surface area contributed by atoms with Gasteiger partial charge in [-0.05, 0) is 55.8 Å². The molecule has 0 saturated carbocycles. The van der Waals surface area contributed by atoms with Crippen molar-refractivity contribution in [1.82, 2.24) is 10.2 Å². The van der Waals surface area contributed by atoms with Crippen LogP contribution in [0.3, 0.4) is 0 Å². The Hall–Kier alpha value is -3.46. The van der Waals surface area contributed by atoms with Crippen LogP contribution in [-0.4, -0.2) is 55.4 Å². The largest absolute Gasteiger partial charge is 0.378 e. The first-order chi connectivity index (χ1) is 14.8. The van der Waals surface area contributed by atoms with E-state index < -0.39 is 16.7 Å². The molecule has 0 radical (unpaired) electrons. The quantitative estimate of drug-likeness (QED) is 0.401. The lowest BCUT2D eigenvalue weighted by molar-refractivity contribution is -0.384. The number of benzene rings is 2. The maximum absolute atomic E-state index is 12.4. The van der Waals surface area contributed by atoms with Gasteiger partial charge in [0.15, 0.2) is 0 Å². The molecule has 2 aromatic rings. The fourth-order valence-electron chi connectivity index (χ4n) is 3.63. The molecule has 1 heterocycles. The van der Waals surface area contributed by atoms with Crippen molar-refractivity contribution >= 4 is 28.9 Å². The summed E-state index contributed by atoms with van der Waals surface area (Å²) < 4.78 is 0. The molecule has 9 heteroatoms. The Morgan fingerprint density at radius 2 is 1.65 bits per heavy atom. The zero-order valence-corrected chi connectivity index (χ0v) is 17.7. The van der Waals surface area contributed by atoms with E-state index in [2.05, 4.69) is 27.7 Å². The second-order valence-electron chi connectivity index (χ2n) is 7.71. The van der Waals surface area contributed by atoms with Gasteiger partial charge in [-0.3, -0.25) is 24.6 Å². The highest BCUT2D eigenvalue weighted by Crippen LogP contribution is 2.26. The molecule has 2 N–H and O–H groups in total. The van der Waals surface area contributed by atoms with Crippen LogP contribution < -0.4 is 15.5 Å². The summed E-state index contributed by atoms with van der Waals surface area (Å²) in [5, 5.41) is 15.9. The number of nitro groups is 1. The summed E-state index contributed by atoms with van der Waals surface area (Å²) in [5.74, 6) is -1.55. The Labute approximate surface area is 181 Å². The smallest absolute Gasteiger partial charge is 0.313 e. The Morgan fingerprint density at radius 1 is 1.03 bits per heavy atom. The van der Waals surface area contributed by atoms with E-state index in [4.69, 9.17) is 0 Å². The molecule has 0 aliphatic carbocycles. The van der Waals surface area contributed by atoms with Crippen molar-refractivity contribution in [2.75, 3.05) is 43.9 Å². The highest BCUT2D eigenvalue weighted by Gasteiger charge is 2.25. The molecule has 0 unspecified atom stereocenters. The maximum Gasteiger partial charge on any atom is 0.313 e. The predicted molar refractivity (Wildman–Crippen MR) is 119 cm³/mol. The van der Waals surface area contributed by atoms with Gasteiger partial charge >= 0.3 is 11.8 Å². The van der Waals surface area contributed by atoms with Gasteiger partial charge < -0.3 is 15.5 Å². The van der Waals surface area contributed by atoms with Gasteiger partial charge in [0.05, 0.1) is 11.0 Å². The van der Waals surface area contributed by atoms with Gasteiger partial charge in [0.1, 0.15) is 0 Å². The molecule has 0 bridgehead atoms. The number of rotatable bonds is 7. The standard InChI is InChI=1S/C22H27N5O4/c1-25(2)18-9-5-16(6-10-18)20(26-13-3-4-14-26)15-23-21(28)22(29)24-17-7-11-19(12-8-17)27(30)31/h5-12,20H,3-4,13-15H2,1-2H3,(H,23,28)(H,24,29)/t20-/m0/s1. The van der Waals surface area contributed by atoms with Crippen LogP contribution in [0.15, 0.2) is 48.5 Å². The monoisotopic (exact) mass is 425 g/mol. The number of amides is 2. The van der Waals surface area contributed by atoms with E-state index in [1.54, 1.807) is 0 Å². The molecule has 1 aliphatic heterocycles. The summed E-state index contributed by atoms with van der Waals surface area (Å²) in [6.45, 7) is 2.21. The number of likely N-dealkylation sites (tertiary alicyclic amines) is 1. The molecular weight excluding hydrogens is 398 g/mol. The first-order valence-corrected chi connectivity index (χ1v) is 10.2. The summed E-state index contributed by atoms with van der Waals surface area (Å²) >= 11 is 0. The fraction of sp³-hybridized carbons (Fsp3) is 0.364. The molecule has 1 saturated heterocycles. The molecule has 0 aromatic heterocycles. The zero-order valence-electron chi connectivity index (χ0n) is 17.7. The van der Waals surface area contributed by atoms with Gasteiger partial charge in [0.25, 0.3) is 5.69 Å². The molecule has 164 valence electrons. The highest BCUT2D eigenvalue weighted by molar-refractivity contribution is 6.39. The number of hydrogen-bond acceptors (Lipinski definition) is 6. The normalized spacial score (nSPS) is 14.6. The van der Waals surface area contributed by atoms with Crippen LogP contribution in [0.5, 0.6) is 0 Å². The Balaban J connectivity index is 1.62. The van der Waals surface area contributed by atoms with Gasteiger partial charge in [0.2, 0.25) is 0 Å². The van der Waals surface area contributed by atoms with Crippen LogP contribution in [-0.2, 0) is 9.59 Å². The van der Waals surface area contributed by atoms with E-state index in [1.165, 1.54) is 24.3 Å². The second-order valence-corrected chi connectivity index (χ2v) is 7.71. The van der Waals surface area contributed by atoms with Crippen molar-refractivity contribution in [3.05, 3.63) is 64.2 Å². The van der Waals surface area contributed by atoms with E-state index in [1.807, 2.05) is 31.1 Å². The molecule has 2 amide bonds. The van der Waals surface area contributed by atoms with Crippen LogP contribution >= 0.6 is 0 Å². The molecule has 31 heavy (non-hydrogen) atoms. The fourth-order valence-corrected chi connectivity index (χ4v) is 3.63. The number of anilines is 2.